The molecule has 0 heterocycles. The first kappa shape index (κ1) is 23.0. The highest BCUT2D eigenvalue weighted by Gasteiger charge is 2.39. The van der Waals surface area contributed by atoms with Crippen LogP contribution in [-0.2, 0) is 25.5 Å². The van der Waals surface area contributed by atoms with Gasteiger partial charge in [-0.1, -0.05) is 0 Å². The molecule has 27 heavy (non-hydrogen) atoms. The summed E-state index contributed by atoms with van der Waals surface area (Å²) in [5.41, 5.74) is 3.90. The second-order valence-corrected chi connectivity index (χ2v) is 8.27. The maximum atomic E-state index is 13.9. The maximum Gasteiger partial charge on any atom is 0.322 e. The summed E-state index contributed by atoms with van der Waals surface area (Å²) in [6.07, 6.45) is -0.397. The lowest BCUT2D eigenvalue weighted by molar-refractivity contribution is -0.175. The summed E-state index contributed by atoms with van der Waals surface area (Å²) in [6, 6.07) is -0.242. The van der Waals surface area contributed by atoms with E-state index in [4.69, 9.17) is 15.2 Å². The lowest BCUT2D eigenvalue weighted by Gasteiger charge is -2.29. The van der Waals surface area contributed by atoms with Crippen LogP contribution < -0.4 is 5.73 Å². The van der Waals surface area contributed by atoms with Gasteiger partial charge in [-0.25, -0.2) is 13.2 Å². The minimum absolute atomic E-state index is 0.265. The van der Waals surface area contributed by atoms with E-state index in [2.05, 4.69) is 0 Å². The van der Waals surface area contributed by atoms with Crippen molar-refractivity contribution >= 4 is 11.9 Å². The Bertz CT molecular complexity index is 680. The average molecular weight is 389 g/mol. The third-order valence-corrected chi connectivity index (χ3v) is 3.29. The molecule has 0 saturated heterocycles. The van der Waals surface area contributed by atoms with E-state index in [1.807, 2.05) is 0 Å². The number of ether oxygens (including phenoxy) is 2. The van der Waals surface area contributed by atoms with Gasteiger partial charge in [-0.05, 0) is 59.6 Å². The van der Waals surface area contributed by atoms with Crippen LogP contribution >= 0.6 is 0 Å². The summed E-state index contributed by atoms with van der Waals surface area (Å²) in [4.78, 5) is 25.0. The Balaban J connectivity index is 3.15. The van der Waals surface area contributed by atoms with Crippen LogP contribution in [0.5, 0.6) is 0 Å². The van der Waals surface area contributed by atoms with Gasteiger partial charge in [0.25, 0.3) is 0 Å². The van der Waals surface area contributed by atoms with Gasteiger partial charge in [0, 0.05) is 12.1 Å². The van der Waals surface area contributed by atoms with Crippen molar-refractivity contribution in [1.82, 2.24) is 0 Å². The minimum atomic E-state index is -1.56. The second kappa shape index (κ2) is 8.29. The molecule has 0 aliphatic rings. The van der Waals surface area contributed by atoms with Crippen molar-refractivity contribution in [2.75, 3.05) is 0 Å². The van der Waals surface area contributed by atoms with Crippen LogP contribution in [-0.4, -0.2) is 29.2 Å². The molecule has 5 nitrogen and oxygen atoms in total. The van der Waals surface area contributed by atoms with E-state index in [1.54, 1.807) is 41.5 Å². The molecule has 0 spiro atoms. The molecule has 0 aromatic heterocycles. The molecule has 0 aliphatic heterocycles. The maximum absolute atomic E-state index is 13.9. The monoisotopic (exact) mass is 389 g/mol. The van der Waals surface area contributed by atoms with Crippen molar-refractivity contribution in [2.45, 2.75) is 65.2 Å². The first-order valence-electron chi connectivity index (χ1n) is 8.45. The Morgan fingerprint density at radius 3 is 1.70 bits per heavy atom. The molecule has 2 N–H and O–H groups in total. The van der Waals surface area contributed by atoms with E-state index >= 15 is 0 Å². The van der Waals surface area contributed by atoms with Crippen LogP contribution in [0.1, 0.15) is 47.1 Å². The molecular formula is C19H26F3NO4. The minimum Gasteiger partial charge on any atom is -0.459 e. The Morgan fingerprint density at radius 1 is 0.889 bits per heavy atom. The van der Waals surface area contributed by atoms with Crippen LogP contribution in [0, 0.1) is 23.4 Å². The van der Waals surface area contributed by atoms with E-state index in [-0.39, 0.29) is 5.56 Å². The van der Waals surface area contributed by atoms with E-state index in [0.717, 1.165) is 0 Å². The predicted molar refractivity (Wildman–Crippen MR) is 93.2 cm³/mol. The third-order valence-electron chi connectivity index (χ3n) is 3.29. The molecule has 1 rings (SSSR count). The SMILES string of the molecule is CC(C)(C)OC(=O)C(C(=O)OC(C)(C)C)[C@H](N)Cc1cc(F)c(F)cc1F. The number of benzene rings is 1. The number of hydrogen-bond acceptors (Lipinski definition) is 5. The first-order valence-corrected chi connectivity index (χ1v) is 8.45. The summed E-state index contributed by atoms with van der Waals surface area (Å²) in [5.74, 6) is -7.07. The fourth-order valence-corrected chi connectivity index (χ4v) is 2.27. The van der Waals surface area contributed by atoms with Gasteiger partial charge in [0.05, 0.1) is 0 Å². The molecule has 0 fully saturated rings. The van der Waals surface area contributed by atoms with Crippen molar-refractivity contribution in [2.24, 2.45) is 11.7 Å². The zero-order valence-electron chi connectivity index (χ0n) is 16.4. The van der Waals surface area contributed by atoms with Crippen molar-refractivity contribution < 1.29 is 32.2 Å². The number of esters is 2. The Labute approximate surface area is 157 Å². The van der Waals surface area contributed by atoms with Gasteiger partial charge in [-0.15, -0.1) is 0 Å². The molecule has 152 valence electrons. The van der Waals surface area contributed by atoms with Gasteiger partial charge in [0.2, 0.25) is 0 Å². The Morgan fingerprint density at radius 2 is 1.30 bits per heavy atom. The fraction of sp³-hybridized carbons (Fsp3) is 0.579. The highest BCUT2D eigenvalue weighted by Crippen LogP contribution is 2.22. The number of halogens is 3. The summed E-state index contributed by atoms with van der Waals surface area (Å²) < 4.78 is 50.8. The van der Waals surface area contributed by atoms with Crippen LogP contribution in [0.4, 0.5) is 13.2 Å². The normalized spacial score (nSPS) is 13.4. The largest absolute Gasteiger partial charge is 0.459 e. The third kappa shape index (κ3) is 7.21. The molecule has 1 aromatic carbocycles. The molecule has 0 aliphatic carbocycles. The number of rotatable bonds is 5. The Kier molecular flexibility index (Phi) is 7.05. The number of carbonyl (C=O) groups is 2. The van der Waals surface area contributed by atoms with Gasteiger partial charge in [0.15, 0.2) is 17.6 Å². The number of carbonyl (C=O) groups excluding carboxylic acids is 2. The van der Waals surface area contributed by atoms with Crippen molar-refractivity contribution in [3.63, 3.8) is 0 Å². The highest BCUT2D eigenvalue weighted by atomic mass is 19.2. The average Bonchev–Trinajstić information content (AvgIpc) is 2.40. The van der Waals surface area contributed by atoms with Crippen molar-refractivity contribution in [1.29, 1.82) is 0 Å². The lowest BCUT2D eigenvalue weighted by atomic mass is 9.93. The van der Waals surface area contributed by atoms with Crippen molar-refractivity contribution in [3.8, 4) is 0 Å². The zero-order valence-corrected chi connectivity index (χ0v) is 16.4. The van der Waals surface area contributed by atoms with E-state index in [9.17, 15) is 22.8 Å². The zero-order chi connectivity index (χ0) is 21.2. The van der Waals surface area contributed by atoms with Crippen LogP contribution in [0.25, 0.3) is 0 Å². The summed E-state index contributed by atoms with van der Waals surface area (Å²) in [7, 11) is 0. The second-order valence-electron chi connectivity index (χ2n) is 8.27. The Hall–Kier alpha value is -2.09. The molecule has 0 bridgehead atoms. The van der Waals surface area contributed by atoms with Crippen LogP contribution in [0.2, 0.25) is 0 Å². The molecule has 0 unspecified atom stereocenters. The predicted octanol–water partition coefficient (Wildman–Crippen LogP) is 3.27. The van der Waals surface area contributed by atoms with Crippen molar-refractivity contribution in [3.05, 3.63) is 35.1 Å². The molecule has 0 radical (unpaired) electrons. The number of hydrogen-bond donors (Lipinski definition) is 1. The van der Waals surface area contributed by atoms with Gasteiger partial charge in [-0.3, -0.25) is 9.59 Å². The number of nitrogens with two attached hydrogens (primary N) is 1. The lowest BCUT2D eigenvalue weighted by Crippen LogP contribution is -2.47. The van der Waals surface area contributed by atoms with Gasteiger partial charge in [-0.2, -0.15) is 0 Å². The van der Waals surface area contributed by atoms with Gasteiger partial charge < -0.3 is 15.2 Å². The molecular weight excluding hydrogens is 363 g/mol. The van der Waals surface area contributed by atoms with Gasteiger partial charge >= 0.3 is 11.9 Å². The summed E-state index contributed by atoms with van der Waals surface area (Å²) >= 11 is 0. The van der Waals surface area contributed by atoms with E-state index in [0.29, 0.717) is 12.1 Å². The van der Waals surface area contributed by atoms with Crippen LogP contribution in [0.15, 0.2) is 12.1 Å². The standard InChI is InChI=1S/C19H26F3NO4/c1-18(2,3)26-16(24)15(17(25)27-19(4,5)6)14(23)8-10-7-12(21)13(22)9-11(10)20/h7,9,14-15H,8,23H2,1-6H3/t14-/m1/s1. The molecule has 8 heteroatoms. The molecule has 1 aromatic rings. The van der Waals surface area contributed by atoms with Gasteiger partial charge in [0.1, 0.15) is 17.0 Å². The molecule has 1 atom stereocenters. The molecule has 0 saturated carbocycles. The van der Waals surface area contributed by atoms with E-state index < -0.39 is 59.0 Å². The smallest absolute Gasteiger partial charge is 0.322 e. The fourth-order valence-electron chi connectivity index (χ4n) is 2.27. The first-order chi connectivity index (χ1) is 12.1. The van der Waals surface area contributed by atoms with E-state index in [1.165, 1.54) is 0 Å². The topological polar surface area (TPSA) is 78.6 Å². The highest BCUT2D eigenvalue weighted by molar-refractivity contribution is 5.96. The summed E-state index contributed by atoms with van der Waals surface area (Å²) in [5, 5.41) is 0. The summed E-state index contributed by atoms with van der Waals surface area (Å²) in [6.45, 7) is 9.65. The molecule has 0 amide bonds. The van der Waals surface area contributed by atoms with Crippen LogP contribution in [0.3, 0.4) is 0 Å². The quantitative estimate of drug-likeness (QED) is 0.475.